The number of nitrogens with zero attached hydrogens (tertiary/aromatic N) is 1. The lowest BCUT2D eigenvalue weighted by molar-refractivity contribution is 0.691. The summed E-state index contributed by atoms with van der Waals surface area (Å²) in [5.74, 6) is 1.56. The molecule has 1 saturated carbocycles. The Kier molecular flexibility index (Phi) is 2.50. The summed E-state index contributed by atoms with van der Waals surface area (Å²) in [7, 11) is 0. The second-order valence-corrected chi connectivity index (χ2v) is 4.27. The minimum absolute atomic E-state index is 0.440. The van der Waals surface area contributed by atoms with E-state index in [4.69, 9.17) is 17.3 Å². The van der Waals surface area contributed by atoms with Gasteiger partial charge in [0.05, 0.1) is 0 Å². The molecule has 1 aliphatic carbocycles. The van der Waals surface area contributed by atoms with Gasteiger partial charge in [-0.3, -0.25) is 0 Å². The molecular formula is C10H14ClN3. The average Bonchev–Trinajstić information content (AvgIpc) is 2.82. The van der Waals surface area contributed by atoms with Crippen LogP contribution in [0.2, 0.25) is 5.15 Å². The predicted molar refractivity (Wildman–Crippen MR) is 59.5 cm³/mol. The number of nitrogens with two attached hydrogens (primary N) is 1. The third-order valence-corrected chi connectivity index (χ3v) is 2.71. The summed E-state index contributed by atoms with van der Waals surface area (Å²) in [5, 5.41) is 3.75. The maximum atomic E-state index is 5.80. The summed E-state index contributed by atoms with van der Waals surface area (Å²) < 4.78 is 0. The van der Waals surface area contributed by atoms with Crippen LogP contribution in [-0.2, 0) is 0 Å². The molecule has 1 aromatic heterocycles. The van der Waals surface area contributed by atoms with Gasteiger partial charge in [-0.1, -0.05) is 11.6 Å². The molecule has 0 aliphatic heterocycles. The number of halogens is 1. The minimum atomic E-state index is 0.440. The molecule has 1 aromatic rings. The Bertz CT molecular complexity index is 316. The van der Waals surface area contributed by atoms with Crippen molar-refractivity contribution in [3.8, 4) is 0 Å². The summed E-state index contributed by atoms with van der Waals surface area (Å²) in [6, 6.07) is 3.92. The minimum Gasteiger partial charge on any atom is -0.399 e. The van der Waals surface area contributed by atoms with Gasteiger partial charge in [0.2, 0.25) is 0 Å². The molecule has 4 heteroatoms. The van der Waals surface area contributed by atoms with Crippen LogP contribution in [0.4, 0.5) is 11.5 Å². The van der Waals surface area contributed by atoms with Crippen LogP contribution < -0.4 is 11.1 Å². The van der Waals surface area contributed by atoms with E-state index in [2.05, 4.69) is 17.2 Å². The molecular weight excluding hydrogens is 198 g/mol. The molecule has 3 nitrogen and oxygen atoms in total. The van der Waals surface area contributed by atoms with E-state index < -0.39 is 0 Å². The van der Waals surface area contributed by atoms with Crippen LogP contribution in [0.1, 0.15) is 19.8 Å². The first kappa shape index (κ1) is 9.59. The largest absolute Gasteiger partial charge is 0.399 e. The third-order valence-electron chi connectivity index (χ3n) is 2.52. The van der Waals surface area contributed by atoms with Crippen molar-refractivity contribution in [1.29, 1.82) is 0 Å². The third kappa shape index (κ3) is 2.29. The van der Waals surface area contributed by atoms with Crippen molar-refractivity contribution < 1.29 is 0 Å². The van der Waals surface area contributed by atoms with E-state index in [-0.39, 0.29) is 0 Å². The normalized spacial score (nSPS) is 17.9. The van der Waals surface area contributed by atoms with E-state index in [0.29, 0.717) is 16.9 Å². The van der Waals surface area contributed by atoms with Gasteiger partial charge in [0.15, 0.2) is 0 Å². The van der Waals surface area contributed by atoms with Gasteiger partial charge in [0.25, 0.3) is 0 Å². The van der Waals surface area contributed by atoms with Crippen LogP contribution in [-0.4, -0.2) is 11.0 Å². The molecule has 0 radical (unpaired) electrons. The summed E-state index contributed by atoms with van der Waals surface area (Å²) in [4.78, 5) is 4.16. The van der Waals surface area contributed by atoms with E-state index in [1.54, 1.807) is 6.07 Å². The van der Waals surface area contributed by atoms with Gasteiger partial charge in [0.1, 0.15) is 11.0 Å². The van der Waals surface area contributed by atoms with Crippen molar-refractivity contribution in [3.05, 3.63) is 17.3 Å². The topological polar surface area (TPSA) is 50.9 Å². The van der Waals surface area contributed by atoms with E-state index in [0.717, 1.165) is 11.7 Å². The lowest BCUT2D eigenvalue weighted by Gasteiger charge is -2.13. The Balaban J connectivity index is 2.07. The van der Waals surface area contributed by atoms with E-state index in [1.807, 2.05) is 6.07 Å². The van der Waals surface area contributed by atoms with E-state index in [1.165, 1.54) is 12.8 Å². The van der Waals surface area contributed by atoms with Crippen LogP contribution in [0.15, 0.2) is 12.1 Å². The Morgan fingerprint density at radius 2 is 2.29 bits per heavy atom. The zero-order valence-corrected chi connectivity index (χ0v) is 8.88. The van der Waals surface area contributed by atoms with E-state index >= 15 is 0 Å². The molecule has 0 aromatic carbocycles. The van der Waals surface area contributed by atoms with Gasteiger partial charge in [0, 0.05) is 17.8 Å². The molecule has 0 amide bonds. The molecule has 2 rings (SSSR count). The van der Waals surface area contributed by atoms with Crippen LogP contribution in [0.25, 0.3) is 0 Å². The van der Waals surface area contributed by atoms with Crippen molar-refractivity contribution >= 4 is 23.1 Å². The number of pyridine rings is 1. The first-order valence-electron chi connectivity index (χ1n) is 4.85. The number of nitrogen functional groups attached to an aromatic ring is 1. The molecule has 1 aliphatic rings. The summed E-state index contributed by atoms with van der Waals surface area (Å²) in [6.45, 7) is 2.16. The van der Waals surface area contributed by atoms with Crippen molar-refractivity contribution in [3.63, 3.8) is 0 Å². The Morgan fingerprint density at radius 1 is 1.57 bits per heavy atom. The molecule has 3 N–H and O–H groups in total. The van der Waals surface area contributed by atoms with Gasteiger partial charge in [-0.05, 0) is 31.7 Å². The molecule has 0 bridgehead atoms. The summed E-state index contributed by atoms with van der Waals surface area (Å²) in [6.07, 6.45) is 2.62. The summed E-state index contributed by atoms with van der Waals surface area (Å²) in [5.41, 5.74) is 6.31. The van der Waals surface area contributed by atoms with Crippen molar-refractivity contribution in [2.75, 3.05) is 11.1 Å². The maximum absolute atomic E-state index is 5.80. The van der Waals surface area contributed by atoms with Crippen molar-refractivity contribution in [2.45, 2.75) is 25.8 Å². The fourth-order valence-corrected chi connectivity index (χ4v) is 1.76. The molecule has 1 unspecified atom stereocenters. The smallest absolute Gasteiger partial charge is 0.133 e. The lowest BCUT2D eigenvalue weighted by Crippen LogP contribution is -2.18. The highest BCUT2D eigenvalue weighted by molar-refractivity contribution is 6.29. The molecule has 1 heterocycles. The Labute approximate surface area is 88.7 Å². The van der Waals surface area contributed by atoms with Crippen molar-refractivity contribution in [1.82, 2.24) is 4.98 Å². The van der Waals surface area contributed by atoms with Crippen molar-refractivity contribution in [2.24, 2.45) is 5.92 Å². The van der Waals surface area contributed by atoms with Gasteiger partial charge in [-0.2, -0.15) is 0 Å². The van der Waals surface area contributed by atoms with Crippen LogP contribution >= 0.6 is 11.6 Å². The molecule has 0 spiro atoms. The van der Waals surface area contributed by atoms with Gasteiger partial charge < -0.3 is 11.1 Å². The predicted octanol–water partition coefficient (Wildman–Crippen LogP) is 2.53. The monoisotopic (exact) mass is 211 g/mol. The fourth-order valence-electron chi connectivity index (χ4n) is 1.54. The zero-order chi connectivity index (χ0) is 10.1. The number of hydrogen-bond acceptors (Lipinski definition) is 3. The standard InChI is InChI=1S/C10H14ClN3/c1-6(7-2-3-7)13-10-5-8(12)4-9(11)14-10/h4-7H,2-3H2,1H3,(H3,12,13,14). The first-order chi connectivity index (χ1) is 6.65. The number of rotatable bonds is 3. The highest BCUT2D eigenvalue weighted by Gasteiger charge is 2.27. The maximum Gasteiger partial charge on any atom is 0.133 e. The number of anilines is 2. The quantitative estimate of drug-likeness (QED) is 0.756. The highest BCUT2D eigenvalue weighted by Crippen LogP contribution is 2.33. The zero-order valence-electron chi connectivity index (χ0n) is 8.13. The molecule has 1 fully saturated rings. The van der Waals surface area contributed by atoms with Gasteiger partial charge >= 0.3 is 0 Å². The number of aromatic nitrogens is 1. The SMILES string of the molecule is CC(Nc1cc(N)cc(Cl)n1)C1CC1. The molecule has 76 valence electrons. The van der Waals surface area contributed by atoms with Crippen LogP contribution in [0.3, 0.4) is 0 Å². The number of hydrogen-bond donors (Lipinski definition) is 2. The Morgan fingerprint density at radius 3 is 2.86 bits per heavy atom. The first-order valence-corrected chi connectivity index (χ1v) is 5.22. The Hall–Kier alpha value is -0.960. The fraction of sp³-hybridized carbons (Fsp3) is 0.500. The molecule has 0 saturated heterocycles. The van der Waals surface area contributed by atoms with E-state index in [9.17, 15) is 0 Å². The number of nitrogens with one attached hydrogen (secondary N) is 1. The highest BCUT2D eigenvalue weighted by atomic mass is 35.5. The summed E-state index contributed by atoms with van der Waals surface area (Å²) >= 11 is 5.80. The van der Waals surface area contributed by atoms with Crippen LogP contribution in [0, 0.1) is 5.92 Å². The van der Waals surface area contributed by atoms with Gasteiger partial charge in [-0.15, -0.1) is 0 Å². The average molecular weight is 212 g/mol. The van der Waals surface area contributed by atoms with Crippen LogP contribution in [0.5, 0.6) is 0 Å². The second-order valence-electron chi connectivity index (χ2n) is 3.88. The second kappa shape index (κ2) is 3.65. The molecule has 1 atom stereocenters. The molecule has 14 heavy (non-hydrogen) atoms. The lowest BCUT2D eigenvalue weighted by atomic mass is 10.2. The van der Waals surface area contributed by atoms with Gasteiger partial charge in [-0.25, -0.2) is 4.98 Å².